The number of hydrogen-bond acceptors (Lipinski definition) is 4. The van der Waals surface area contributed by atoms with Crippen LogP contribution in [0.1, 0.15) is 27.6 Å². The number of rotatable bonds is 4. The zero-order chi connectivity index (χ0) is 13.1. The molecule has 2 aromatic rings. The molecule has 0 fully saturated rings. The fourth-order valence-corrected chi connectivity index (χ4v) is 1.47. The van der Waals surface area contributed by atoms with Gasteiger partial charge in [0.2, 0.25) is 5.76 Å². The van der Waals surface area contributed by atoms with E-state index >= 15 is 0 Å². The summed E-state index contributed by atoms with van der Waals surface area (Å²) in [5.41, 5.74) is 1.63. The van der Waals surface area contributed by atoms with Gasteiger partial charge in [0.25, 0.3) is 0 Å². The molecule has 0 saturated carbocycles. The van der Waals surface area contributed by atoms with Crippen molar-refractivity contribution in [3.8, 4) is 5.75 Å². The van der Waals surface area contributed by atoms with Gasteiger partial charge in [-0.2, -0.15) is 0 Å². The molecule has 18 heavy (non-hydrogen) atoms. The number of carbonyl (C=O) groups is 1. The second-order valence-corrected chi connectivity index (χ2v) is 3.92. The minimum absolute atomic E-state index is 0.0758. The Morgan fingerprint density at radius 2 is 2.22 bits per heavy atom. The van der Waals surface area contributed by atoms with Crippen LogP contribution in [0.2, 0.25) is 0 Å². The van der Waals surface area contributed by atoms with Gasteiger partial charge in [-0.3, -0.25) is 4.98 Å². The van der Waals surface area contributed by atoms with Gasteiger partial charge < -0.3 is 14.3 Å². The van der Waals surface area contributed by atoms with Crippen LogP contribution in [0.4, 0.5) is 0 Å². The predicted octanol–water partition coefficient (Wildman–Crippen LogP) is 2.57. The SMILES string of the molecule is Cc1ccc(OCc2cc(C(=O)O)oc2C)cn1. The maximum Gasteiger partial charge on any atom is 0.371 e. The van der Waals surface area contributed by atoms with Crippen LogP contribution in [-0.4, -0.2) is 16.1 Å². The number of carboxylic acid groups (broad SMARTS) is 1. The second-order valence-electron chi connectivity index (χ2n) is 3.92. The lowest BCUT2D eigenvalue weighted by Crippen LogP contribution is -1.96. The van der Waals surface area contributed by atoms with Crippen LogP contribution in [0.15, 0.2) is 28.8 Å². The van der Waals surface area contributed by atoms with Crippen molar-refractivity contribution in [1.82, 2.24) is 4.98 Å². The predicted molar refractivity (Wildman–Crippen MR) is 63.7 cm³/mol. The molecule has 0 aliphatic carbocycles. The topological polar surface area (TPSA) is 72.6 Å². The third-order valence-corrected chi connectivity index (χ3v) is 2.51. The van der Waals surface area contributed by atoms with E-state index in [-0.39, 0.29) is 12.4 Å². The number of ether oxygens (including phenoxy) is 1. The quantitative estimate of drug-likeness (QED) is 0.898. The molecule has 0 amide bonds. The lowest BCUT2D eigenvalue weighted by atomic mass is 10.2. The molecule has 2 rings (SSSR count). The van der Waals surface area contributed by atoms with Crippen LogP contribution >= 0.6 is 0 Å². The Morgan fingerprint density at radius 1 is 1.44 bits per heavy atom. The van der Waals surface area contributed by atoms with Gasteiger partial charge in [-0.1, -0.05) is 0 Å². The second kappa shape index (κ2) is 4.91. The highest BCUT2D eigenvalue weighted by atomic mass is 16.5. The van der Waals surface area contributed by atoms with Crippen LogP contribution in [0, 0.1) is 13.8 Å². The summed E-state index contributed by atoms with van der Waals surface area (Å²) in [6.45, 7) is 3.86. The van der Waals surface area contributed by atoms with Crippen molar-refractivity contribution in [2.45, 2.75) is 20.5 Å². The minimum Gasteiger partial charge on any atom is -0.487 e. The molecular weight excluding hydrogens is 234 g/mol. The third-order valence-electron chi connectivity index (χ3n) is 2.51. The fraction of sp³-hybridized carbons (Fsp3) is 0.231. The van der Waals surface area contributed by atoms with E-state index < -0.39 is 5.97 Å². The first-order valence-electron chi connectivity index (χ1n) is 5.44. The number of carboxylic acids is 1. The molecule has 0 aromatic carbocycles. The van der Waals surface area contributed by atoms with Crippen molar-refractivity contribution in [2.24, 2.45) is 0 Å². The number of aryl methyl sites for hydroxylation is 2. The molecule has 0 atom stereocenters. The molecule has 0 saturated heterocycles. The van der Waals surface area contributed by atoms with Crippen LogP contribution in [-0.2, 0) is 6.61 Å². The summed E-state index contributed by atoms with van der Waals surface area (Å²) >= 11 is 0. The molecule has 1 N–H and O–H groups in total. The summed E-state index contributed by atoms with van der Waals surface area (Å²) in [5.74, 6) is 0.0278. The van der Waals surface area contributed by atoms with Crippen molar-refractivity contribution in [3.63, 3.8) is 0 Å². The smallest absolute Gasteiger partial charge is 0.371 e. The summed E-state index contributed by atoms with van der Waals surface area (Å²) < 4.78 is 10.6. The van der Waals surface area contributed by atoms with Crippen LogP contribution in [0.25, 0.3) is 0 Å². The molecule has 94 valence electrons. The summed E-state index contributed by atoms with van der Waals surface area (Å²) in [4.78, 5) is 14.8. The van der Waals surface area contributed by atoms with Crippen molar-refractivity contribution in [2.75, 3.05) is 0 Å². The van der Waals surface area contributed by atoms with E-state index in [0.29, 0.717) is 17.1 Å². The van der Waals surface area contributed by atoms with Gasteiger partial charge in [-0.05, 0) is 32.0 Å². The number of pyridine rings is 1. The standard InChI is InChI=1S/C13H13NO4/c1-8-3-4-11(6-14-8)17-7-10-5-12(13(15)16)18-9(10)2/h3-6H,7H2,1-2H3,(H,15,16). The molecule has 0 radical (unpaired) electrons. The Balaban J connectivity index is 2.06. The van der Waals surface area contributed by atoms with Crippen molar-refractivity contribution in [1.29, 1.82) is 0 Å². The molecule has 5 nitrogen and oxygen atoms in total. The molecule has 2 aromatic heterocycles. The number of aromatic nitrogens is 1. The van der Waals surface area contributed by atoms with E-state index in [2.05, 4.69) is 4.98 Å². The molecular formula is C13H13NO4. The molecule has 5 heteroatoms. The maximum absolute atomic E-state index is 10.7. The first-order chi connectivity index (χ1) is 8.56. The average molecular weight is 247 g/mol. The van der Waals surface area contributed by atoms with E-state index in [9.17, 15) is 4.79 Å². The van der Waals surface area contributed by atoms with E-state index in [0.717, 1.165) is 5.69 Å². The zero-order valence-electron chi connectivity index (χ0n) is 10.1. The monoisotopic (exact) mass is 247 g/mol. The Bertz CT molecular complexity index is 557. The number of furan rings is 1. The number of nitrogens with zero attached hydrogens (tertiary/aromatic N) is 1. The van der Waals surface area contributed by atoms with Gasteiger partial charge in [-0.25, -0.2) is 4.79 Å². The lowest BCUT2D eigenvalue weighted by molar-refractivity contribution is 0.0661. The summed E-state index contributed by atoms with van der Waals surface area (Å²) in [7, 11) is 0. The Kier molecular flexibility index (Phi) is 3.32. The summed E-state index contributed by atoms with van der Waals surface area (Å²) in [5, 5.41) is 8.79. The molecule has 0 unspecified atom stereocenters. The van der Waals surface area contributed by atoms with Crippen LogP contribution in [0.3, 0.4) is 0 Å². The van der Waals surface area contributed by atoms with E-state index in [1.165, 1.54) is 6.07 Å². The molecule has 0 aliphatic rings. The lowest BCUT2D eigenvalue weighted by Gasteiger charge is -2.04. The number of hydrogen-bond donors (Lipinski definition) is 1. The summed E-state index contributed by atoms with van der Waals surface area (Å²) in [6, 6.07) is 5.13. The van der Waals surface area contributed by atoms with E-state index in [1.807, 2.05) is 19.1 Å². The Morgan fingerprint density at radius 3 is 2.78 bits per heavy atom. The van der Waals surface area contributed by atoms with E-state index in [4.69, 9.17) is 14.3 Å². The van der Waals surface area contributed by atoms with Gasteiger partial charge in [0, 0.05) is 11.3 Å². The molecule has 0 aliphatic heterocycles. The normalized spacial score (nSPS) is 10.3. The average Bonchev–Trinajstić information content (AvgIpc) is 2.70. The first kappa shape index (κ1) is 12.2. The highest BCUT2D eigenvalue weighted by Gasteiger charge is 2.13. The van der Waals surface area contributed by atoms with Crippen molar-refractivity contribution >= 4 is 5.97 Å². The van der Waals surface area contributed by atoms with Gasteiger partial charge >= 0.3 is 5.97 Å². The molecule has 0 spiro atoms. The van der Waals surface area contributed by atoms with Gasteiger partial charge in [0.1, 0.15) is 18.1 Å². The minimum atomic E-state index is -1.08. The highest BCUT2D eigenvalue weighted by molar-refractivity contribution is 5.84. The summed E-state index contributed by atoms with van der Waals surface area (Å²) in [6.07, 6.45) is 1.63. The fourth-order valence-electron chi connectivity index (χ4n) is 1.47. The van der Waals surface area contributed by atoms with Gasteiger partial charge in [-0.15, -0.1) is 0 Å². The third kappa shape index (κ3) is 2.68. The van der Waals surface area contributed by atoms with Gasteiger partial charge in [0.15, 0.2) is 0 Å². The number of aromatic carboxylic acids is 1. The zero-order valence-corrected chi connectivity index (χ0v) is 10.1. The Labute approximate surface area is 104 Å². The largest absolute Gasteiger partial charge is 0.487 e. The van der Waals surface area contributed by atoms with Crippen LogP contribution < -0.4 is 4.74 Å². The van der Waals surface area contributed by atoms with Crippen molar-refractivity contribution in [3.05, 3.63) is 47.2 Å². The van der Waals surface area contributed by atoms with Crippen LogP contribution in [0.5, 0.6) is 5.75 Å². The van der Waals surface area contributed by atoms with E-state index in [1.54, 1.807) is 13.1 Å². The maximum atomic E-state index is 10.7. The van der Waals surface area contributed by atoms with Crippen molar-refractivity contribution < 1.29 is 19.1 Å². The molecule has 2 heterocycles. The highest BCUT2D eigenvalue weighted by Crippen LogP contribution is 2.17. The first-order valence-corrected chi connectivity index (χ1v) is 5.44. The van der Waals surface area contributed by atoms with Gasteiger partial charge in [0.05, 0.1) is 6.20 Å². The molecule has 0 bridgehead atoms. The Hall–Kier alpha value is -2.30.